The molecule has 1 atom stereocenters. The molecule has 0 aliphatic heterocycles. The Kier molecular flexibility index (Phi) is 3.06. The molecule has 0 N–H and O–H groups in total. The largest absolute Gasteiger partial charge is 0.490 e. The van der Waals surface area contributed by atoms with Gasteiger partial charge in [0.05, 0.1) is 0 Å². The fourth-order valence-electron chi connectivity index (χ4n) is 0.739. The summed E-state index contributed by atoms with van der Waals surface area (Å²) in [6.07, 6.45) is 1.38. The van der Waals surface area contributed by atoms with Crippen LogP contribution in [0.2, 0.25) is 0 Å². The number of benzene rings is 1. The van der Waals surface area contributed by atoms with Gasteiger partial charge in [-0.05, 0) is 24.3 Å². The standard InChI is InChI=1S/C8H9O2P/c9-5-7-1-3-8(4-2-7)10-6-11/h1-5H,6,11H2. The van der Waals surface area contributed by atoms with E-state index in [0.717, 1.165) is 12.0 Å². The summed E-state index contributed by atoms with van der Waals surface area (Å²) in [5.74, 6) is 0.783. The predicted octanol–water partition coefficient (Wildman–Crippen LogP) is 1.71. The molecule has 2 nitrogen and oxygen atoms in total. The highest BCUT2D eigenvalue weighted by atomic mass is 31.0. The van der Waals surface area contributed by atoms with Gasteiger partial charge in [-0.15, -0.1) is 0 Å². The summed E-state index contributed by atoms with van der Waals surface area (Å²) in [6, 6.07) is 6.99. The molecule has 0 radical (unpaired) electrons. The van der Waals surface area contributed by atoms with Gasteiger partial charge in [0.1, 0.15) is 18.4 Å². The maximum Gasteiger partial charge on any atom is 0.150 e. The van der Waals surface area contributed by atoms with Gasteiger partial charge in [-0.1, -0.05) is 9.24 Å². The molecular weight excluding hydrogens is 159 g/mol. The molecule has 0 heterocycles. The molecule has 0 fully saturated rings. The SMILES string of the molecule is O=Cc1ccc(OCP)cc1. The van der Waals surface area contributed by atoms with Gasteiger partial charge < -0.3 is 4.74 Å². The summed E-state index contributed by atoms with van der Waals surface area (Å²) >= 11 is 0. The first-order valence-corrected chi connectivity index (χ1v) is 4.06. The monoisotopic (exact) mass is 168 g/mol. The van der Waals surface area contributed by atoms with Crippen molar-refractivity contribution >= 4 is 15.5 Å². The molecule has 0 spiro atoms. The van der Waals surface area contributed by atoms with E-state index in [1.807, 2.05) is 0 Å². The fraction of sp³-hybridized carbons (Fsp3) is 0.125. The van der Waals surface area contributed by atoms with Gasteiger partial charge in [-0.2, -0.15) is 0 Å². The smallest absolute Gasteiger partial charge is 0.150 e. The van der Waals surface area contributed by atoms with Crippen LogP contribution in [0.3, 0.4) is 0 Å². The Hall–Kier alpha value is -0.880. The highest BCUT2D eigenvalue weighted by molar-refractivity contribution is 7.16. The average molecular weight is 168 g/mol. The van der Waals surface area contributed by atoms with Crippen molar-refractivity contribution in [3.63, 3.8) is 0 Å². The zero-order chi connectivity index (χ0) is 8.10. The lowest BCUT2D eigenvalue weighted by Crippen LogP contribution is -1.88. The Morgan fingerprint density at radius 3 is 2.45 bits per heavy atom. The second kappa shape index (κ2) is 4.09. The van der Waals surface area contributed by atoms with E-state index < -0.39 is 0 Å². The van der Waals surface area contributed by atoms with E-state index in [-0.39, 0.29) is 0 Å². The molecule has 0 aliphatic carbocycles. The first kappa shape index (κ1) is 8.22. The summed E-state index contributed by atoms with van der Waals surface area (Å²) in [6.45, 7) is 0. The second-order valence-electron chi connectivity index (χ2n) is 2.00. The van der Waals surface area contributed by atoms with E-state index in [0.29, 0.717) is 11.9 Å². The lowest BCUT2D eigenvalue weighted by Gasteiger charge is -2.00. The summed E-state index contributed by atoms with van der Waals surface area (Å²) in [5, 5.41) is 0. The van der Waals surface area contributed by atoms with E-state index in [1.54, 1.807) is 24.3 Å². The van der Waals surface area contributed by atoms with Crippen molar-refractivity contribution in [2.45, 2.75) is 0 Å². The van der Waals surface area contributed by atoms with Gasteiger partial charge in [-0.3, -0.25) is 4.79 Å². The molecule has 11 heavy (non-hydrogen) atoms. The quantitative estimate of drug-likeness (QED) is 0.507. The van der Waals surface area contributed by atoms with Crippen molar-refractivity contribution in [3.05, 3.63) is 29.8 Å². The predicted molar refractivity (Wildman–Crippen MR) is 47.0 cm³/mol. The molecule has 1 aromatic rings. The highest BCUT2D eigenvalue weighted by Gasteiger charge is 1.91. The molecule has 0 aliphatic rings. The summed E-state index contributed by atoms with van der Waals surface area (Å²) in [7, 11) is 2.46. The number of aldehydes is 1. The van der Waals surface area contributed by atoms with Crippen molar-refractivity contribution in [3.8, 4) is 5.75 Å². The Morgan fingerprint density at radius 1 is 1.36 bits per heavy atom. The van der Waals surface area contributed by atoms with Crippen molar-refractivity contribution in [2.24, 2.45) is 0 Å². The Bertz CT molecular complexity index is 230. The topological polar surface area (TPSA) is 26.3 Å². The zero-order valence-electron chi connectivity index (χ0n) is 5.99. The molecule has 0 aromatic heterocycles. The van der Waals surface area contributed by atoms with Crippen LogP contribution in [0.5, 0.6) is 5.75 Å². The molecule has 58 valence electrons. The first-order chi connectivity index (χ1) is 5.36. The van der Waals surface area contributed by atoms with Crippen LogP contribution in [-0.4, -0.2) is 12.6 Å². The normalized spacial score (nSPS) is 9.18. The number of hydrogen-bond acceptors (Lipinski definition) is 2. The van der Waals surface area contributed by atoms with Gasteiger partial charge in [-0.25, -0.2) is 0 Å². The molecule has 0 amide bonds. The van der Waals surface area contributed by atoms with Crippen LogP contribution in [0.25, 0.3) is 0 Å². The Balaban J connectivity index is 2.74. The van der Waals surface area contributed by atoms with Gasteiger partial charge in [0.15, 0.2) is 0 Å². The number of carbonyl (C=O) groups is 1. The Labute approximate surface area is 67.8 Å². The van der Waals surface area contributed by atoms with E-state index in [1.165, 1.54) is 0 Å². The summed E-state index contributed by atoms with van der Waals surface area (Å²) in [4.78, 5) is 10.2. The third-order valence-electron chi connectivity index (χ3n) is 1.27. The van der Waals surface area contributed by atoms with Crippen LogP contribution in [-0.2, 0) is 0 Å². The fourth-order valence-corrected chi connectivity index (χ4v) is 0.931. The van der Waals surface area contributed by atoms with Crippen LogP contribution in [0, 0.1) is 0 Å². The van der Waals surface area contributed by atoms with E-state index >= 15 is 0 Å². The zero-order valence-corrected chi connectivity index (χ0v) is 7.14. The number of hydrogen-bond donors (Lipinski definition) is 0. The number of rotatable bonds is 3. The lowest BCUT2D eigenvalue weighted by atomic mass is 10.2. The van der Waals surface area contributed by atoms with E-state index in [4.69, 9.17) is 4.74 Å². The Morgan fingerprint density at radius 2 is 2.00 bits per heavy atom. The van der Waals surface area contributed by atoms with Crippen LogP contribution >= 0.6 is 9.24 Å². The van der Waals surface area contributed by atoms with Crippen LogP contribution < -0.4 is 4.74 Å². The van der Waals surface area contributed by atoms with Crippen LogP contribution in [0.1, 0.15) is 10.4 Å². The van der Waals surface area contributed by atoms with Gasteiger partial charge in [0.2, 0.25) is 0 Å². The van der Waals surface area contributed by atoms with Crippen molar-refractivity contribution < 1.29 is 9.53 Å². The van der Waals surface area contributed by atoms with E-state index in [9.17, 15) is 4.79 Å². The minimum absolute atomic E-state index is 0.570. The van der Waals surface area contributed by atoms with Gasteiger partial charge in [0, 0.05) is 5.56 Å². The molecule has 0 saturated carbocycles. The molecule has 1 unspecified atom stereocenters. The van der Waals surface area contributed by atoms with Gasteiger partial charge in [0.25, 0.3) is 0 Å². The first-order valence-electron chi connectivity index (χ1n) is 3.25. The molecule has 0 saturated heterocycles. The molecular formula is C8H9O2P. The summed E-state index contributed by atoms with van der Waals surface area (Å²) < 4.78 is 5.15. The maximum absolute atomic E-state index is 10.2. The van der Waals surface area contributed by atoms with Crippen molar-refractivity contribution in [1.29, 1.82) is 0 Å². The van der Waals surface area contributed by atoms with Crippen molar-refractivity contribution in [2.75, 3.05) is 6.35 Å². The molecule has 1 aromatic carbocycles. The minimum Gasteiger partial charge on any atom is -0.490 e. The van der Waals surface area contributed by atoms with E-state index in [2.05, 4.69) is 9.24 Å². The summed E-state index contributed by atoms with van der Waals surface area (Å²) in [5.41, 5.74) is 0.668. The van der Waals surface area contributed by atoms with Crippen LogP contribution in [0.4, 0.5) is 0 Å². The molecule has 0 bridgehead atoms. The number of carbonyl (C=O) groups excluding carboxylic acids is 1. The molecule has 3 heteroatoms. The number of ether oxygens (including phenoxy) is 1. The third-order valence-corrected chi connectivity index (χ3v) is 1.43. The molecule has 1 rings (SSSR count). The maximum atomic E-state index is 10.2. The second-order valence-corrected chi connectivity index (χ2v) is 2.33. The van der Waals surface area contributed by atoms with Crippen LogP contribution in [0.15, 0.2) is 24.3 Å². The minimum atomic E-state index is 0.570. The highest BCUT2D eigenvalue weighted by Crippen LogP contribution is 2.11. The lowest BCUT2D eigenvalue weighted by molar-refractivity contribution is 0.112. The van der Waals surface area contributed by atoms with Crippen molar-refractivity contribution in [1.82, 2.24) is 0 Å². The average Bonchev–Trinajstić information content (AvgIpc) is 2.07. The third kappa shape index (κ3) is 2.32. The van der Waals surface area contributed by atoms with Gasteiger partial charge >= 0.3 is 0 Å².